The summed E-state index contributed by atoms with van der Waals surface area (Å²) in [7, 11) is 0. The number of nitrogens with zero attached hydrogens (tertiary/aromatic N) is 6. The van der Waals surface area contributed by atoms with E-state index in [0.717, 1.165) is 23.4 Å². The van der Waals surface area contributed by atoms with Crippen molar-refractivity contribution in [3.05, 3.63) is 40.9 Å². The molecule has 7 nitrogen and oxygen atoms in total. The van der Waals surface area contributed by atoms with Gasteiger partial charge in [0.2, 0.25) is 0 Å². The van der Waals surface area contributed by atoms with Crippen LogP contribution in [0, 0.1) is 19.8 Å². The van der Waals surface area contributed by atoms with Crippen molar-refractivity contribution >= 4 is 11.2 Å². The normalized spacial score (nSPS) is 27.7. The number of rotatable bonds is 4. The summed E-state index contributed by atoms with van der Waals surface area (Å²) in [6.07, 6.45) is 3.56. The second-order valence-electron chi connectivity index (χ2n) is 10.0. The molecule has 0 unspecified atom stereocenters. The molecule has 0 radical (unpaired) electrons. The molecule has 6 rings (SSSR count). The van der Waals surface area contributed by atoms with Crippen molar-refractivity contribution in [3.8, 4) is 0 Å². The molecule has 1 aliphatic heterocycles. The summed E-state index contributed by atoms with van der Waals surface area (Å²) in [6, 6.07) is 0.507. The monoisotopic (exact) mass is 472 g/mol. The maximum absolute atomic E-state index is 13.2. The second kappa shape index (κ2) is 7.96. The molecular formula is C24H27F3N6O. The molecule has 34 heavy (non-hydrogen) atoms. The predicted molar refractivity (Wildman–Crippen MR) is 117 cm³/mol. The van der Waals surface area contributed by atoms with Gasteiger partial charge in [0.15, 0.2) is 5.65 Å². The van der Waals surface area contributed by atoms with Crippen molar-refractivity contribution < 1.29 is 17.9 Å². The van der Waals surface area contributed by atoms with Gasteiger partial charge in [0.25, 0.3) is 0 Å². The van der Waals surface area contributed by atoms with Crippen LogP contribution in [-0.4, -0.2) is 42.5 Å². The van der Waals surface area contributed by atoms with Crippen LogP contribution < -0.4 is 0 Å². The fraction of sp³-hybridized carbons (Fsp3) is 0.625. The maximum atomic E-state index is 13.2. The van der Waals surface area contributed by atoms with Gasteiger partial charge in [-0.3, -0.25) is 4.68 Å². The van der Waals surface area contributed by atoms with Gasteiger partial charge in [-0.15, -0.1) is 0 Å². The standard InChI is InChI=1S/C24H27F3N6O/c1-12-13(2)30-23-21(29-12)20(15-7-17(8-15)24(25,26)27)31-22(32-23)14-5-6-34-19(9-14)16-10-28-33(11-16)18-3-4-18/h10-11,14-15,17-19H,3-9H2,1-2H3/t14-,15?,17?,19+/m1/s1. The molecule has 0 spiro atoms. The summed E-state index contributed by atoms with van der Waals surface area (Å²) in [5.41, 5.74) is 4.18. The van der Waals surface area contributed by atoms with Crippen LogP contribution in [0.2, 0.25) is 0 Å². The van der Waals surface area contributed by atoms with E-state index in [0.29, 0.717) is 41.8 Å². The van der Waals surface area contributed by atoms with E-state index in [4.69, 9.17) is 14.7 Å². The highest BCUT2D eigenvalue weighted by Gasteiger charge is 2.49. The summed E-state index contributed by atoms with van der Waals surface area (Å²) in [5.74, 6) is -0.882. The molecule has 0 aromatic carbocycles. The Kier molecular flexibility index (Phi) is 5.13. The third-order valence-corrected chi connectivity index (χ3v) is 7.54. The third-order valence-electron chi connectivity index (χ3n) is 7.54. The number of hydrogen-bond donors (Lipinski definition) is 0. The average Bonchev–Trinajstić information content (AvgIpc) is 3.49. The van der Waals surface area contributed by atoms with Gasteiger partial charge in [0.05, 0.1) is 41.3 Å². The first kappa shape index (κ1) is 21.9. The molecule has 3 fully saturated rings. The molecule has 0 N–H and O–H groups in total. The van der Waals surface area contributed by atoms with Gasteiger partial charge in [-0.25, -0.2) is 19.9 Å². The van der Waals surface area contributed by atoms with Gasteiger partial charge in [-0.05, 0) is 52.4 Å². The molecule has 0 amide bonds. The van der Waals surface area contributed by atoms with E-state index in [2.05, 4.69) is 21.3 Å². The van der Waals surface area contributed by atoms with Crippen LogP contribution in [0.25, 0.3) is 11.2 Å². The Hall–Kier alpha value is -2.62. The van der Waals surface area contributed by atoms with Gasteiger partial charge >= 0.3 is 6.18 Å². The van der Waals surface area contributed by atoms with E-state index in [1.54, 1.807) is 0 Å². The first-order valence-corrected chi connectivity index (χ1v) is 12.0. The summed E-state index contributed by atoms with van der Waals surface area (Å²) in [6.45, 7) is 4.29. The molecule has 180 valence electrons. The van der Waals surface area contributed by atoms with Gasteiger partial charge < -0.3 is 4.74 Å². The molecule has 0 bridgehead atoms. The van der Waals surface area contributed by atoms with Crippen LogP contribution in [0.15, 0.2) is 12.4 Å². The van der Waals surface area contributed by atoms with E-state index in [9.17, 15) is 13.2 Å². The highest BCUT2D eigenvalue weighted by atomic mass is 19.4. The van der Waals surface area contributed by atoms with Crippen molar-refractivity contribution in [2.75, 3.05) is 6.61 Å². The van der Waals surface area contributed by atoms with Gasteiger partial charge in [-0.1, -0.05) is 0 Å². The Morgan fingerprint density at radius 2 is 1.71 bits per heavy atom. The van der Waals surface area contributed by atoms with Crippen LogP contribution in [0.5, 0.6) is 0 Å². The summed E-state index contributed by atoms with van der Waals surface area (Å²) < 4.78 is 47.6. The second-order valence-corrected chi connectivity index (χ2v) is 10.0. The lowest BCUT2D eigenvalue weighted by molar-refractivity contribution is -0.197. The molecule has 3 aromatic heterocycles. The summed E-state index contributed by atoms with van der Waals surface area (Å²) in [4.78, 5) is 18.9. The number of aryl methyl sites for hydroxylation is 2. The van der Waals surface area contributed by atoms with Crippen molar-refractivity contribution in [2.24, 2.45) is 5.92 Å². The number of halogens is 3. The van der Waals surface area contributed by atoms with Gasteiger partial charge in [0, 0.05) is 30.2 Å². The Morgan fingerprint density at radius 3 is 2.44 bits per heavy atom. The molecule has 2 saturated carbocycles. The minimum atomic E-state index is -4.17. The fourth-order valence-electron chi connectivity index (χ4n) is 5.05. The number of alkyl halides is 3. The fourth-order valence-corrected chi connectivity index (χ4v) is 5.05. The Balaban J connectivity index is 1.32. The molecule has 10 heteroatoms. The predicted octanol–water partition coefficient (Wildman–Crippen LogP) is 5.26. The van der Waals surface area contributed by atoms with Crippen LogP contribution in [0.3, 0.4) is 0 Å². The zero-order valence-corrected chi connectivity index (χ0v) is 19.2. The summed E-state index contributed by atoms with van der Waals surface area (Å²) in [5, 5.41) is 4.49. The highest BCUT2D eigenvalue weighted by Crippen LogP contribution is 2.50. The van der Waals surface area contributed by atoms with E-state index < -0.39 is 12.1 Å². The lowest BCUT2D eigenvalue weighted by Crippen LogP contribution is -2.35. The quantitative estimate of drug-likeness (QED) is 0.516. The van der Waals surface area contributed by atoms with E-state index in [1.807, 2.05) is 24.7 Å². The van der Waals surface area contributed by atoms with Crippen molar-refractivity contribution in [1.29, 1.82) is 0 Å². The molecule has 3 aromatic rings. The van der Waals surface area contributed by atoms with Crippen molar-refractivity contribution in [2.45, 2.75) is 82.5 Å². The number of aromatic nitrogens is 6. The minimum absolute atomic E-state index is 0.0353. The lowest BCUT2D eigenvalue weighted by Gasteiger charge is -2.36. The Labute approximate surface area is 195 Å². The van der Waals surface area contributed by atoms with Crippen LogP contribution in [-0.2, 0) is 4.74 Å². The van der Waals surface area contributed by atoms with Crippen LogP contribution in [0.4, 0.5) is 13.2 Å². The van der Waals surface area contributed by atoms with E-state index in [-0.39, 0.29) is 30.8 Å². The number of fused-ring (bicyclic) bond motifs is 1. The minimum Gasteiger partial charge on any atom is -0.373 e. The zero-order chi connectivity index (χ0) is 23.6. The zero-order valence-electron chi connectivity index (χ0n) is 19.2. The lowest BCUT2D eigenvalue weighted by atomic mass is 9.72. The molecule has 2 aliphatic carbocycles. The van der Waals surface area contributed by atoms with Gasteiger partial charge in [-0.2, -0.15) is 18.3 Å². The molecule has 3 aliphatic rings. The molecule has 2 atom stereocenters. The number of ether oxygens (including phenoxy) is 1. The summed E-state index contributed by atoms with van der Waals surface area (Å²) >= 11 is 0. The van der Waals surface area contributed by atoms with E-state index >= 15 is 0 Å². The average molecular weight is 473 g/mol. The maximum Gasteiger partial charge on any atom is 0.391 e. The SMILES string of the molecule is Cc1nc2nc([C@@H]3CCO[C@H](c4cnn(C5CC5)c4)C3)nc(C3CC(C(F)(F)F)C3)c2nc1C. The molecule has 4 heterocycles. The van der Waals surface area contributed by atoms with Crippen LogP contribution >= 0.6 is 0 Å². The topological polar surface area (TPSA) is 78.6 Å². The van der Waals surface area contributed by atoms with Gasteiger partial charge in [0.1, 0.15) is 11.3 Å². The largest absolute Gasteiger partial charge is 0.391 e. The first-order valence-electron chi connectivity index (χ1n) is 12.0. The molecule has 1 saturated heterocycles. The van der Waals surface area contributed by atoms with E-state index in [1.165, 1.54) is 12.8 Å². The first-order chi connectivity index (χ1) is 16.3. The Morgan fingerprint density at radius 1 is 0.941 bits per heavy atom. The smallest absolute Gasteiger partial charge is 0.373 e. The van der Waals surface area contributed by atoms with Crippen molar-refractivity contribution in [1.82, 2.24) is 29.7 Å². The van der Waals surface area contributed by atoms with Crippen molar-refractivity contribution in [3.63, 3.8) is 0 Å². The Bertz CT molecular complexity index is 1230. The number of hydrogen-bond acceptors (Lipinski definition) is 6. The van der Waals surface area contributed by atoms with Crippen LogP contribution in [0.1, 0.15) is 91.0 Å². The highest BCUT2D eigenvalue weighted by molar-refractivity contribution is 5.73. The third kappa shape index (κ3) is 3.95. The molecular weight excluding hydrogens is 445 g/mol.